The highest BCUT2D eigenvalue weighted by atomic mass is 16.5. The molecule has 0 aliphatic carbocycles. The van der Waals surface area contributed by atoms with E-state index >= 15 is 0 Å². The first-order valence-electron chi connectivity index (χ1n) is 8.22. The fourth-order valence-corrected chi connectivity index (χ4v) is 2.20. The van der Waals surface area contributed by atoms with Crippen molar-refractivity contribution >= 4 is 11.8 Å². The second kappa shape index (κ2) is 9.87. The van der Waals surface area contributed by atoms with E-state index < -0.39 is 0 Å². The lowest BCUT2D eigenvalue weighted by Crippen LogP contribution is -2.38. The minimum absolute atomic E-state index is 0.0248. The Hall–Kier alpha value is -2.04. The summed E-state index contributed by atoms with van der Waals surface area (Å²) in [5.74, 6) is 0.597. The Morgan fingerprint density at radius 3 is 2.30 bits per heavy atom. The van der Waals surface area contributed by atoms with Crippen LogP contribution in [0.5, 0.6) is 5.75 Å². The highest BCUT2D eigenvalue weighted by molar-refractivity contribution is 5.79. The van der Waals surface area contributed by atoms with E-state index in [0.29, 0.717) is 18.8 Å². The van der Waals surface area contributed by atoms with Crippen molar-refractivity contribution in [2.45, 2.75) is 40.5 Å². The minimum Gasteiger partial charge on any atom is -0.484 e. The van der Waals surface area contributed by atoms with Crippen LogP contribution in [-0.2, 0) is 9.59 Å². The fraction of sp³-hybridized carbons (Fsp3) is 0.556. The summed E-state index contributed by atoms with van der Waals surface area (Å²) < 4.78 is 5.46. The Kier molecular flexibility index (Phi) is 8.16. The van der Waals surface area contributed by atoms with Gasteiger partial charge in [0.05, 0.1) is 0 Å². The predicted molar refractivity (Wildman–Crippen MR) is 91.5 cm³/mol. The molecule has 0 atom stereocenters. The lowest BCUT2D eigenvalue weighted by Gasteiger charge is -2.13. The topological polar surface area (TPSA) is 67.4 Å². The van der Waals surface area contributed by atoms with Crippen LogP contribution in [0.15, 0.2) is 18.2 Å². The van der Waals surface area contributed by atoms with Gasteiger partial charge in [0.1, 0.15) is 5.75 Å². The number of hydrogen-bond acceptors (Lipinski definition) is 3. The van der Waals surface area contributed by atoms with Gasteiger partial charge >= 0.3 is 0 Å². The summed E-state index contributed by atoms with van der Waals surface area (Å²) in [4.78, 5) is 23.5. The van der Waals surface area contributed by atoms with Gasteiger partial charge in [0.15, 0.2) is 6.61 Å². The van der Waals surface area contributed by atoms with Crippen molar-refractivity contribution in [2.24, 2.45) is 5.92 Å². The molecule has 0 fully saturated rings. The lowest BCUT2D eigenvalue weighted by molar-refractivity contribution is -0.126. The SMILES string of the molecule is CCC(CC)C(=O)NCCNC(=O)COc1ccc(C)c(C)c1. The highest BCUT2D eigenvalue weighted by Gasteiger charge is 2.13. The van der Waals surface area contributed by atoms with Crippen molar-refractivity contribution in [3.63, 3.8) is 0 Å². The van der Waals surface area contributed by atoms with E-state index in [1.54, 1.807) is 0 Å². The molecule has 1 rings (SSSR count). The number of ether oxygens (including phenoxy) is 1. The monoisotopic (exact) mass is 320 g/mol. The van der Waals surface area contributed by atoms with Crippen LogP contribution in [0.4, 0.5) is 0 Å². The van der Waals surface area contributed by atoms with Gasteiger partial charge in [0.2, 0.25) is 5.91 Å². The first-order valence-corrected chi connectivity index (χ1v) is 8.22. The average Bonchev–Trinajstić information content (AvgIpc) is 2.54. The lowest BCUT2D eigenvalue weighted by atomic mass is 10.0. The first-order chi connectivity index (χ1) is 11.0. The molecule has 0 bridgehead atoms. The second-order valence-corrected chi connectivity index (χ2v) is 5.69. The Balaban J connectivity index is 2.22. The van der Waals surface area contributed by atoms with Crippen LogP contribution < -0.4 is 15.4 Å². The smallest absolute Gasteiger partial charge is 0.258 e. The van der Waals surface area contributed by atoms with Gasteiger partial charge in [-0.15, -0.1) is 0 Å². The fourth-order valence-electron chi connectivity index (χ4n) is 2.20. The molecule has 0 saturated heterocycles. The van der Waals surface area contributed by atoms with Gasteiger partial charge in [-0.3, -0.25) is 9.59 Å². The van der Waals surface area contributed by atoms with Gasteiger partial charge in [-0.25, -0.2) is 0 Å². The Morgan fingerprint density at radius 2 is 1.70 bits per heavy atom. The zero-order valence-electron chi connectivity index (χ0n) is 14.6. The summed E-state index contributed by atoms with van der Waals surface area (Å²) in [5, 5.41) is 5.56. The van der Waals surface area contributed by atoms with Gasteiger partial charge in [-0.05, 0) is 49.9 Å². The number of carbonyl (C=O) groups excluding carboxylic acids is 2. The van der Waals surface area contributed by atoms with E-state index in [2.05, 4.69) is 10.6 Å². The standard InChI is InChI=1S/C18H28N2O3/c1-5-15(6-2)18(22)20-10-9-19-17(21)12-23-16-8-7-13(3)14(4)11-16/h7-8,11,15H,5-6,9-10,12H2,1-4H3,(H,19,21)(H,20,22). The summed E-state index contributed by atoms with van der Waals surface area (Å²) in [6.07, 6.45) is 1.66. The third-order valence-corrected chi connectivity index (χ3v) is 3.95. The maximum atomic E-state index is 11.8. The molecule has 1 aromatic carbocycles. The molecular formula is C18H28N2O3. The van der Waals surface area contributed by atoms with Crippen LogP contribution in [-0.4, -0.2) is 31.5 Å². The third-order valence-electron chi connectivity index (χ3n) is 3.95. The van der Waals surface area contributed by atoms with Gasteiger partial charge in [-0.1, -0.05) is 19.9 Å². The first kappa shape index (κ1) is 19.0. The zero-order valence-corrected chi connectivity index (χ0v) is 14.6. The predicted octanol–water partition coefficient (Wildman–Crippen LogP) is 2.35. The molecule has 0 aliphatic heterocycles. The molecule has 0 saturated carbocycles. The molecular weight excluding hydrogens is 292 g/mol. The molecule has 0 aromatic heterocycles. The maximum absolute atomic E-state index is 11.8. The number of amides is 2. The largest absolute Gasteiger partial charge is 0.484 e. The number of rotatable bonds is 9. The Labute approximate surface area is 138 Å². The molecule has 2 amide bonds. The van der Waals surface area contributed by atoms with Crippen molar-refractivity contribution in [1.82, 2.24) is 10.6 Å². The number of hydrogen-bond donors (Lipinski definition) is 2. The van der Waals surface area contributed by atoms with E-state index in [9.17, 15) is 9.59 Å². The highest BCUT2D eigenvalue weighted by Crippen LogP contribution is 2.16. The minimum atomic E-state index is -0.194. The molecule has 0 aliphatic rings. The molecule has 1 aromatic rings. The van der Waals surface area contributed by atoms with Crippen molar-refractivity contribution in [1.29, 1.82) is 0 Å². The van der Waals surface area contributed by atoms with Crippen molar-refractivity contribution in [3.8, 4) is 5.75 Å². The molecule has 0 unspecified atom stereocenters. The third kappa shape index (κ3) is 6.72. The molecule has 128 valence electrons. The molecule has 5 nitrogen and oxygen atoms in total. The zero-order chi connectivity index (χ0) is 17.2. The van der Waals surface area contributed by atoms with Gasteiger partial charge in [0, 0.05) is 19.0 Å². The van der Waals surface area contributed by atoms with E-state index in [4.69, 9.17) is 4.74 Å². The van der Waals surface area contributed by atoms with E-state index in [-0.39, 0.29) is 24.3 Å². The summed E-state index contributed by atoms with van der Waals surface area (Å²) >= 11 is 0. The summed E-state index contributed by atoms with van der Waals surface area (Å²) in [7, 11) is 0. The molecule has 2 N–H and O–H groups in total. The summed E-state index contributed by atoms with van der Waals surface area (Å²) in [5.41, 5.74) is 2.32. The van der Waals surface area contributed by atoms with Crippen molar-refractivity contribution < 1.29 is 14.3 Å². The van der Waals surface area contributed by atoms with E-state index in [1.807, 2.05) is 45.9 Å². The molecule has 0 spiro atoms. The Bertz CT molecular complexity index is 525. The number of aryl methyl sites for hydroxylation is 2. The van der Waals surface area contributed by atoms with Crippen LogP contribution in [0.1, 0.15) is 37.8 Å². The van der Waals surface area contributed by atoms with E-state index in [1.165, 1.54) is 5.56 Å². The van der Waals surface area contributed by atoms with Crippen LogP contribution in [0.2, 0.25) is 0 Å². The summed E-state index contributed by atoms with van der Waals surface area (Å²) in [6, 6.07) is 5.74. The van der Waals surface area contributed by atoms with Gasteiger partial charge in [-0.2, -0.15) is 0 Å². The van der Waals surface area contributed by atoms with Crippen LogP contribution in [0.3, 0.4) is 0 Å². The number of nitrogens with one attached hydrogen (secondary N) is 2. The molecule has 0 radical (unpaired) electrons. The van der Waals surface area contributed by atoms with Crippen molar-refractivity contribution in [2.75, 3.05) is 19.7 Å². The maximum Gasteiger partial charge on any atom is 0.258 e. The van der Waals surface area contributed by atoms with E-state index in [0.717, 1.165) is 18.4 Å². The molecule has 0 heterocycles. The van der Waals surface area contributed by atoms with Crippen LogP contribution in [0, 0.1) is 19.8 Å². The quantitative estimate of drug-likeness (QED) is 0.686. The molecule has 5 heteroatoms. The Morgan fingerprint density at radius 1 is 1.04 bits per heavy atom. The average molecular weight is 320 g/mol. The normalized spacial score (nSPS) is 10.5. The number of benzene rings is 1. The second-order valence-electron chi connectivity index (χ2n) is 5.69. The van der Waals surface area contributed by atoms with Gasteiger partial charge < -0.3 is 15.4 Å². The van der Waals surface area contributed by atoms with Crippen molar-refractivity contribution in [3.05, 3.63) is 29.3 Å². The van der Waals surface area contributed by atoms with Crippen LogP contribution in [0.25, 0.3) is 0 Å². The molecule has 23 heavy (non-hydrogen) atoms. The van der Waals surface area contributed by atoms with Gasteiger partial charge in [0.25, 0.3) is 5.91 Å². The summed E-state index contributed by atoms with van der Waals surface area (Å²) in [6.45, 7) is 8.85. The van der Waals surface area contributed by atoms with Crippen LogP contribution >= 0.6 is 0 Å². The number of carbonyl (C=O) groups is 2.